The van der Waals surface area contributed by atoms with Crippen molar-refractivity contribution in [3.8, 4) is 40.2 Å². The Morgan fingerprint density at radius 3 is 1.41 bits per heavy atom. The first-order chi connectivity index (χ1) is 69.1. The van der Waals surface area contributed by atoms with E-state index < -0.39 is 105 Å². The molecule has 6 aromatic rings. The normalized spacial score (nSPS) is 16.8. The Kier molecular flexibility index (Phi) is 60.8. The third kappa shape index (κ3) is 36.7. The minimum atomic E-state index is -0.947. The maximum atomic E-state index is 12.7. The molecule has 2 saturated heterocycles. The fourth-order valence-electron chi connectivity index (χ4n) is 16.1. The summed E-state index contributed by atoms with van der Waals surface area (Å²) >= 11 is 22.8. The topological polar surface area (TPSA) is 567 Å². The van der Waals surface area contributed by atoms with Crippen LogP contribution < -0.4 is 71.6 Å². The fraction of sp³-hybridized carbons (Fsp3) is 0.608. The van der Waals surface area contributed by atoms with Crippen LogP contribution >= 0.6 is 94.6 Å². The van der Waals surface area contributed by atoms with Gasteiger partial charge in [-0.25, -0.2) is 28.8 Å². The number of ketones is 1. The number of Topliss-reactive ketones (excluding diaryl/α,β-unsaturated/α-hetero) is 1. The summed E-state index contributed by atoms with van der Waals surface area (Å²) in [6.07, 6.45) is 5.36. The summed E-state index contributed by atoms with van der Waals surface area (Å²) in [5.74, 6) is -2.99. The number of hydrogen-bond acceptors (Lipinski definition) is 37. The maximum Gasteiger partial charge on any atom is 0.412 e. The Labute approximate surface area is 911 Å². The number of carbonyl (C=O) groups excluding carboxylic acids is 8. The molecule has 6 aromatic heterocycles. The van der Waals surface area contributed by atoms with Gasteiger partial charge in [0, 0.05) is 165 Å². The second kappa shape index (κ2) is 65.8. The molecule has 0 spiro atoms. The molecule has 12 heterocycles. The number of fused-ring (bicyclic) bond motifs is 2. The van der Waals surface area contributed by atoms with Crippen molar-refractivity contribution >= 4 is 142 Å². The molecule has 3 amide bonds. The van der Waals surface area contributed by atoms with E-state index in [9.17, 15) is 82.8 Å². The highest BCUT2D eigenvalue weighted by molar-refractivity contribution is 15.0. The van der Waals surface area contributed by atoms with Gasteiger partial charge in [0.25, 0.3) is 23.2 Å². The molecule has 0 bridgehead atoms. The zero-order valence-corrected chi connectivity index (χ0v) is 94.3. The first kappa shape index (κ1) is 137. The molecular weight excluding hydrogens is 2360 g/mol. The second-order valence-electron chi connectivity index (χ2n) is 35.0. The van der Waals surface area contributed by atoms with E-state index in [4.69, 9.17) is 126 Å². The molecule has 0 aliphatic carbocycles. The number of aliphatic hydroxyl groups excluding tert-OH is 4. The van der Waals surface area contributed by atoms with E-state index in [-0.39, 0.29) is 171 Å². The third-order valence-electron chi connectivity index (χ3n) is 22.3. The molecule has 0 radical (unpaired) electrons. The average Bonchev–Trinajstić information content (AvgIpc) is 1.59. The van der Waals surface area contributed by atoms with Crippen LogP contribution in [0.25, 0.3) is 0 Å². The summed E-state index contributed by atoms with van der Waals surface area (Å²) in [6, 6.07) is 6.90. The number of methoxy groups -OCH3 is 9. The molecular formula is C97H145Cl3F2I3N8O35+. The van der Waals surface area contributed by atoms with Crippen molar-refractivity contribution in [3.63, 3.8) is 0 Å². The van der Waals surface area contributed by atoms with Gasteiger partial charge in [-0.05, 0) is 132 Å². The number of aromatic nitrogens is 3. The van der Waals surface area contributed by atoms with Crippen LogP contribution in [0.15, 0.2) is 73.6 Å². The maximum absolute atomic E-state index is 12.7. The van der Waals surface area contributed by atoms with Crippen molar-refractivity contribution in [1.29, 1.82) is 0 Å². The Morgan fingerprint density at radius 2 is 0.993 bits per heavy atom. The van der Waals surface area contributed by atoms with E-state index in [0.717, 1.165) is 49.5 Å². The number of halogens is 8. The summed E-state index contributed by atoms with van der Waals surface area (Å²) < 4.78 is 109. The molecule has 7 unspecified atom stereocenters. The highest BCUT2D eigenvalue weighted by Gasteiger charge is 2.49. The standard InChI is InChI=1S/C20H29NO8.C19H27NO8.C14H18ClNO4.C14H20NO5.C13H15ClN2O4.C12H17NO6.C2H6ClN.CH3I.2CH4.F2.I2.H2/c1-19(2,3)29-18(24)21-12(11-27-20(21,4)5)8-9-13-10-14(22)15(25-6)16(28-13)17(23)26-7;1-18(2,3)28-17(24)20-11(10-26-19(20,4)5)7-8-12-9-13(21)14(22)15(27-12)16(23)25-6;1-20-14-12(19)7-9-4-5-10(8-17)16(9)13(14)11(18)3-2-6-15;1-4-20-11-7-9-5-6-10(8-16)15(9)12(13(11)18-2)14(17)19-3;1-20-11-9(17)6-7-2-3-8-12(18)15(5-4-14)13(19)10(11)16(7)8;1-17-10-9(15)5-8(4-3-7(13)6-14)19-11(10)12(16)18-2;3-1-2-4;1-2;;;2*1-2;/h10,12H,8-9,11H2,1-7H3;9,11,22H,7-8,10H2,1-6H3;7,10,17H,2-6,8H2,1H3;7,10,16H,4-6,8H2,1-3H3;6,8,12,18H,2-5H2,1H3;5,7,14H,3-4,6,13H2,1-2H3;1-2,4H2;1H3;2*1H4;;;1H/q;;;+1;;;;;;;;;. The first-order valence-electron chi connectivity index (χ1n) is 45.6. The van der Waals surface area contributed by atoms with Gasteiger partial charge < -0.3 is 131 Å². The van der Waals surface area contributed by atoms with Gasteiger partial charge in [0.05, 0.1) is 127 Å². The Bertz CT molecular complexity index is 5590. The smallest absolute Gasteiger partial charge is 0.412 e. The number of aromatic hydroxyl groups is 1. The zero-order chi connectivity index (χ0) is 111. The van der Waals surface area contributed by atoms with Crippen molar-refractivity contribution in [2.45, 2.75) is 246 Å². The molecule has 2 fully saturated rings. The molecule has 6 aliphatic heterocycles. The highest BCUT2D eigenvalue weighted by Crippen LogP contribution is 2.41. The minimum absolute atomic E-state index is 0. The molecule has 7 atom stereocenters. The summed E-state index contributed by atoms with van der Waals surface area (Å²) in [5.41, 5.74) is 8.49. The third-order valence-corrected chi connectivity index (χ3v) is 23.0. The summed E-state index contributed by atoms with van der Waals surface area (Å²) in [6.45, 7) is 21.4. The van der Waals surface area contributed by atoms with Crippen molar-refractivity contribution in [2.24, 2.45) is 11.5 Å². The first-order valence-corrected chi connectivity index (χ1v) is 55.7. The predicted octanol–water partition coefficient (Wildman–Crippen LogP) is 12.8. The Hall–Kier alpha value is -9.34. The van der Waals surface area contributed by atoms with E-state index in [0.29, 0.717) is 113 Å². The summed E-state index contributed by atoms with van der Waals surface area (Å²) in [5, 5.41) is 47.8. The predicted molar refractivity (Wildman–Crippen MR) is 572 cm³/mol. The van der Waals surface area contributed by atoms with Crippen molar-refractivity contribution in [3.05, 3.63) is 156 Å². The quantitative estimate of drug-likeness (QED) is 0.00550. The number of esters is 4. The van der Waals surface area contributed by atoms with Crippen LogP contribution in [-0.4, -0.2) is 283 Å². The molecule has 6 aliphatic rings. The van der Waals surface area contributed by atoms with Crippen molar-refractivity contribution < 1.29 is 159 Å². The van der Waals surface area contributed by atoms with E-state index in [1.165, 1.54) is 90.9 Å². The lowest BCUT2D eigenvalue weighted by molar-refractivity contribution is -0.720. The average molecular weight is 2510 g/mol. The lowest BCUT2D eigenvalue weighted by Crippen LogP contribution is -2.51. The molecule has 0 saturated carbocycles. The number of hydrogen-bond donors (Lipinski definition) is 7. The van der Waals surface area contributed by atoms with E-state index >= 15 is 0 Å². The van der Waals surface area contributed by atoms with E-state index in [1.807, 2.05) is 17.9 Å². The molecule has 51 heteroatoms. The second-order valence-corrected chi connectivity index (χ2v) is 36.2. The van der Waals surface area contributed by atoms with Crippen LogP contribution in [0.2, 0.25) is 0 Å². The Morgan fingerprint density at radius 1 is 0.568 bits per heavy atom. The number of nitrogens with zero attached hydrogens (tertiary/aromatic N) is 6. The monoisotopic (exact) mass is 2510 g/mol. The Balaban J connectivity index is 0.00000174. The van der Waals surface area contributed by atoms with Crippen LogP contribution in [0, 0.1) is 0 Å². The molecule has 838 valence electrons. The number of ether oxygens (including phenoxy) is 14. The van der Waals surface area contributed by atoms with Gasteiger partial charge in [-0.15, -0.1) is 34.8 Å². The minimum Gasteiger partial charge on any atom is -0.501 e. The van der Waals surface area contributed by atoms with Crippen LogP contribution in [0.1, 0.15) is 259 Å². The molecule has 148 heavy (non-hydrogen) atoms. The number of pyridine rings is 3. The zero-order valence-electron chi connectivity index (χ0n) is 85.5. The van der Waals surface area contributed by atoms with Crippen molar-refractivity contribution in [2.75, 3.05) is 139 Å². The van der Waals surface area contributed by atoms with Gasteiger partial charge in [0.15, 0.2) is 40.5 Å². The van der Waals surface area contributed by atoms with E-state index in [1.54, 1.807) is 87.8 Å². The summed E-state index contributed by atoms with van der Waals surface area (Å²) in [7, 11) is 11.6. The van der Waals surface area contributed by atoms with Gasteiger partial charge in [-0.1, -0.05) is 37.4 Å². The van der Waals surface area contributed by atoms with E-state index in [2.05, 4.69) is 74.0 Å². The lowest BCUT2D eigenvalue weighted by Gasteiger charge is -2.38. The van der Waals surface area contributed by atoms with Crippen molar-refractivity contribution in [1.82, 2.24) is 23.8 Å². The van der Waals surface area contributed by atoms with Crippen LogP contribution in [0.3, 0.4) is 0 Å². The number of alkyl halides is 4. The lowest BCUT2D eigenvalue weighted by atomic mass is 10.1. The molecule has 43 nitrogen and oxygen atoms in total. The highest BCUT2D eigenvalue weighted by atomic mass is 128. The largest absolute Gasteiger partial charge is 0.501 e. The molecule has 0 aromatic carbocycles. The summed E-state index contributed by atoms with van der Waals surface area (Å²) in [4.78, 5) is 164. The van der Waals surface area contributed by atoms with Crippen LogP contribution in [0.4, 0.5) is 18.7 Å². The SMILES string of the molecule is C.C.CCOc1cc2[n+](c(C(=O)OC)c1OC)C(CO)CC2.CI.COC(=O)c1oc(CCC(N)CO)cc(=O)c1OC.COC(=O)c1oc(CCC2COC(C)(C)N2C(=O)OC(C)(C)C)cc(=O)c1O.COC(=O)c1oc(CCC2COC(C)(C)N2C(=O)OC(C)(C)C)cc(=O)c1OC.COc1c(C(=O)CCCCl)n2c(cc1=O)CCC2CO.COc1c2n3c(cc1=O)CCC3C(O)N(CCCl)C2=O.FF.II.NCCCl.[HH]. The van der Waals surface area contributed by atoms with Gasteiger partial charge >= 0.3 is 41.8 Å². The van der Waals surface area contributed by atoms with Gasteiger partial charge in [-0.2, -0.15) is 4.57 Å². The van der Waals surface area contributed by atoms with Crippen LogP contribution in [-0.2, 0) is 76.4 Å². The number of carbonyl (C=O) groups is 8. The molecule has 9 N–H and O–H groups in total. The van der Waals surface area contributed by atoms with Gasteiger partial charge in [-0.3, -0.25) is 43.4 Å². The number of nitrogens with two attached hydrogens (primary N) is 2. The number of aliphatic hydroxyl groups is 4. The number of aryl methyl sites for hydroxylation is 6. The van der Waals surface area contributed by atoms with Gasteiger partial charge in [0.1, 0.15) is 58.5 Å². The van der Waals surface area contributed by atoms with Crippen LogP contribution in [0.5, 0.6) is 40.2 Å². The number of rotatable bonds is 30. The molecule has 12 rings (SSSR count). The fourth-order valence-corrected chi connectivity index (χ4v) is 16.4. The number of amides is 3. The van der Waals surface area contributed by atoms with Gasteiger partial charge in [0.2, 0.25) is 50.1 Å².